The molecule has 0 amide bonds. The van der Waals surface area contributed by atoms with Crippen molar-refractivity contribution in [2.75, 3.05) is 6.61 Å². The number of ketones is 1. The first-order valence-corrected chi connectivity index (χ1v) is 6.15. The molecule has 16 heavy (non-hydrogen) atoms. The van der Waals surface area contributed by atoms with E-state index in [1.165, 1.54) is 5.57 Å². The summed E-state index contributed by atoms with van der Waals surface area (Å²) in [5, 5.41) is 0. The first-order valence-electron chi connectivity index (χ1n) is 6.15. The van der Waals surface area contributed by atoms with Crippen LogP contribution in [0.25, 0.3) is 0 Å². The molecule has 1 aliphatic heterocycles. The molecule has 0 radical (unpaired) electrons. The molecule has 0 N–H and O–H groups in total. The molecule has 2 heteroatoms. The molecule has 0 aromatic carbocycles. The molecule has 5 atom stereocenters. The van der Waals surface area contributed by atoms with Gasteiger partial charge >= 0.3 is 0 Å². The van der Waals surface area contributed by atoms with Crippen molar-refractivity contribution in [1.82, 2.24) is 0 Å². The van der Waals surface area contributed by atoms with E-state index in [2.05, 4.69) is 32.1 Å². The Morgan fingerprint density at radius 2 is 2.25 bits per heavy atom. The maximum Gasteiger partial charge on any atom is 0.175 e. The van der Waals surface area contributed by atoms with Gasteiger partial charge in [-0.25, -0.2) is 0 Å². The van der Waals surface area contributed by atoms with Crippen molar-refractivity contribution in [2.45, 2.75) is 25.9 Å². The van der Waals surface area contributed by atoms with Gasteiger partial charge in [-0.05, 0) is 25.2 Å². The maximum absolute atomic E-state index is 12.5. The van der Waals surface area contributed by atoms with Crippen molar-refractivity contribution in [2.24, 2.45) is 23.2 Å². The van der Waals surface area contributed by atoms with E-state index in [0.29, 0.717) is 24.2 Å². The lowest BCUT2D eigenvalue weighted by Gasteiger charge is -2.54. The minimum absolute atomic E-state index is 0.0486. The average molecular weight is 216 g/mol. The number of carbonyl (C=O) groups is 1. The van der Waals surface area contributed by atoms with Gasteiger partial charge in [0, 0.05) is 11.3 Å². The molecule has 1 heterocycles. The van der Waals surface area contributed by atoms with Crippen LogP contribution >= 0.6 is 0 Å². The van der Waals surface area contributed by atoms with E-state index in [9.17, 15) is 4.79 Å². The SMILES string of the molecule is CC1=C[C@@H]2C(=O)[C@]3(CO3)[C@@]1(C)[C@@H]1CC=C[C@H]21. The van der Waals surface area contributed by atoms with Crippen LogP contribution in [0.2, 0.25) is 0 Å². The quantitative estimate of drug-likeness (QED) is 0.458. The van der Waals surface area contributed by atoms with E-state index < -0.39 is 5.60 Å². The monoisotopic (exact) mass is 216 g/mol. The van der Waals surface area contributed by atoms with Crippen LogP contribution in [-0.4, -0.2) is 18.0 Å². The van der Waals surface area contributed by atoms with Gasteiger partial charge in [0.25, 0.3) is 0 Å². The molecule has 2 nitrogen and oxygen atoms in total. The summed E-state index contributed by atoms with van der Waals surface area (Å²) in [6.07, 6.45) is 7.82. The van der Waals surface area contributed by atoms with Crippen LogP contribution < -0.4 is 0 Å². The van der Waals surface area contributed by atoms with Gasteiger partial charge in [-0.2, -0.15) is 0 Å². The van der Waals surface area contributed by atoms with Crippen LogP contribution in [0.3, 0.4) is 0 Å². The predicted molar refractivity (Wildman–Crippen MR) is 59.8 cm³/mol. The van der Waals surface area contributed by atoms with E-state index in [4.69, 9.17) is 4.74 Å². The summed E-state index contributed by atoms with van der Waals surface area (Å²) < 4.78 is 5.65. The third kappa shape index (κ3) is 0.682. The number of carbonyl (C=O) groups excluding carboxylic acids is 1. The van der Waals surface area contributed by atoms with Crippen molar-refractivity contribution < 1.29 is 9.53 Å². The summed E-state index contributed by atoms with van der Waals surface area (Å²) in [6, 6.07) is 0. The Balaban J connectivity index is 1.98. The van der Waals surface area contributed by atoms with Gasteiger partial charge in [0.15, 0.2) is 11.4 Å². The highest BCUT2D eigenvalue weighted by atomic mass is 16.6. The second kappa shape index (κ2) is 2.35. The zero-order valence-corrected chi connectivity index (χ0v) is 9.69. The fourth-order valence-corrected chi connectivity index (χ4v) is 4.42. The normalized spacial score (nSPS) is 56.8. The summed E-state index contributed by atoms with van der Waals surface area (Å²) in [6.45, 7) is 5.06. The molecular formula is C14H16O2. The van der Waals surface area contributed by atoms with Gasteiger partial charge < -0.3 is 4.74 Å². The van der Waals surface area contributed by atoms with Gasteiger partial charge in [0.2, 0.25) is 0 Å². The number of epoxide rings is 1. The van der Waals surface area contributed by atoms with Crippen molar-refractivity contribution in [3.8, 4) is 0 Å². The predicted octanol–water partition coefficient (Wildman–Crippen LogP) is 2.11. The number of Topliss-reactive ketones (excluding diaryl/α,β-unsaturated/α-hetero) is 1. The lowest BCUT2D eigenvalue weighted by molar-refractivity contribution is -0.142. The largest absolute Gasteiger partial charge is 0.360 e. The molecule has 2 fully saturated rings. The first-order chi connectivity index (χ1) is 7.61. The summed E-state index contributed by atoms with van der Waals surface area (Å²) in [5.41, 5.74) is 0.885. The molecule has 2 bridgehead atoms. The molecular weight excluding hydrogens is 200 g/mol. The highest BCUT2D eigenvalue weighted by Crippen LogP contribution is 2.67. The van der Waals surface area contributed by atoms with Crippen LogP contribution in [0.1, 0.15) is 20.3 Å². The Morgan fingerprint density at radius 3 is 2.94 bits per heavy atom. The number of ether oxygens (including phenoxy) is 1. The number of hydrogen-bond donors (Lipinski definition) is 0. The zero-order valence-electron chi connectivity index (χ0n) is 9.69. The van der Waals surface area contributed by atoms with E-state index in [1.54, 1.807) is 0 Å². The van der Waals surface area contributed by atoms with Crippen LogP contribution in [0, 0.1) is 23.2 Å². The summed E-state index contributed by atoms with van der Waals surface area (Å²) in [5.74, 6) is 1.46. The molecule has 0 aromatic rings. The van der Waals surface area contributed by atoms with E-state index in [-0.39, 0.29) is 11.3 Å². The number of allylic oxidation sites excluding steroid dienone is 3. The van der Waals surface area contributed by atoms with Crippen LogP contribution in [-0.2, 0) is 9.53 Å². The standard InChI is InChI=1S/C14H16O2/c1-8-6-10-9-4-3-5-11(9)13(8,2)14(7-16-14)12(10)15/h3-4,6,9-11H,5,7H2,1-2H3/t9-,10+,11-,13-,14-/m1/s1. The summed E-state index contributed by atoms with van der Waals surface area (Å²) in [7, 11) is 0. The second-order valence-corrected chi connectivity index (χ2v) is 5.91. The van der Waals surface area contributed by atoms with E-state index in [0.717, 1.165) is 6.42 Å². The molecule has 0 aromatic heterocycles. The third-order valence-electron chi connectivity index (χ3n) is 5.59. The fraction of sp³-hybridized carbons (Fsp3) is 0.643. The molecule has 84 valence electrons. The van der Waals surface area contributed by atoms with E-state index in [1.807, 2.05) is 0 Å². The van der Waals surface area contributed by atoms with Crippen molar-refractivity contribution in [3.05, 3.63) is 23.8 Å². The molecule has 5 rings (SSSR count). The lowest BCUT2D eigenvalue weighted by Crippen LogP contribution is -2.61. The average Bonchev–Trinajstić information content (AvgIpc) is 2.91. The Hall–Kier alpha value is -0.890. The van der Waals surface area contributed by atoms with Crippen molar-refractivity contribution in [3.63, 3.8) is 0 Å². The minimum atomic E-state index is -0.441. The summed E-state index contributed by atoms with van der Waals surface area (Å²) >= 11 is 0. The van der Waals surface area contributed by atoms with E-state index >= 15 is 0 Å². The highest BCUT2D eigenvalue weighted by molar-refractivity contribution is 5.98. The third-order valence-corrected chi connectivity index (χ3v) is 5.59. The number of rotatable bonds is 0. The van der Waals surface area contributed by atoms with Gasteiger partial charge in [-0.15, -0.1) is 0 Å². The molecule has 1 saturated heterocycles. The molecule has 4 aliphatic carbocycles. The zero-order chi connectivity index (χ0) is 11.1. The first kappa shape index (κ1) is 9.17. The lowest BCUT2D eigenvalue weighted by atomic mass is 9.47. The van der Waals surface area contributed by atoms with Crippen molar-refractivity contribution >= 4 is 5.78 Å². The van der Waals surface area contributed by atoms with Crippen LogP contribution in [0.4, 0.5) is 0 Å². The van der Waals surface area contributed by atoms with Crippen LogP contribution in [0.5, 0.6) is 0 Å². The van der Waals surface area contributed by atoms with Gasteiger partial charge in [0.05, 0.1) is 6.61 Å². The molecule has 5 aliphatic rings. The highest BCUT2D eigenvalue weighted by Gasteiger charge is 2.74. The Bertz CT molecular complexity index is 455. The second-order valence-electron chi connectivity index (χ2n) is 5.91. The molecule has 1 spiro atoms. The Morgan fingerprint density at radius 1 is 1.50 bits per heavy atom. The maximum atomic E-state index is 12.5. The molecule has 1 saturated carbocycles. The minimum Gasteiger partial charge on any atom is -0.360 e. The molecule has 0 unspecified atom stereocenters. The fourth-order valence-electron chi connectivity index (χ4n) is 4.42. The van der Waals surface area contributed by atoms with Gasteiger partial charge in [0.1, 0.15) is 0 Å². The Labute approximate surface area is 95.4 Å². The summed E-state index contributed by atoms with van der Waals surface area (Å²) in [4.78, 5) is 12.5. The number of hydrogen-bond acceptors (Lipinski definition) is 2. The smallest absolute Gasteiger partial charge is 0.175 e. The van der Waals surface area contributed by atoms with Gasteiger partial charge in [-0.3, -0.25) is 4.79 Å². The topological polar surface area (TPSA) is 29.6 Å². The van der Waals surface area contributed by atoms with Crippen LogP contribution in [0.15, 0.2) is 23.8 Å². The van der Waals surface area contributed by atoms with Gasteiger partial charge in [-0.1, -0.05) is 30.7 Å². The Kier molecular flexibility index (Phi) is 1.35. The van der Waals surface area contributed by atoms with Crippen molar-refractivity contribution in [1.29, 1.82) is 0 Å².